The predicted molar refractivity (Wildman–Crippen MR) is 94.3 cm³/mol. The predicted octanol–water partition coefficient (Wildman–Crippen LogP) is 2.80. The highest BCUT2D eigenvalue weighted by Gasteiger charge is 2.33. The molecule has 0 bridgehead atoms. The number of hydrogen-bond donors (Lipinski definition) is 0. The highest BCUT2D eigenvalue weighted by atomic mass is 32.2. The zero-order valence-electron chi connectivity index (χ0n) is 14.1. The van der Waals surface area contributed by atoms with Crippen LogP contribution in [0.4, 0.5) is 4.79 Å². The topological polar surface area (TPSA) is 70.6 Å². The van der Waals surface area contributed by atoms with Gasteiger partial charge in [0.15, 0.2) is 0 Å². The molecule has 2 amide bonds. The third-order valence-electron chi connectivity index (χ3n) is 4.25. The SMILES string of the molecule is Cc1ccc(S(=O)(=O)N(Cc2cccnc2)C(=O)N2CCCC2)cc1. The van der Waals surface area contributed by atoms with Gasteiger partial charge in [-0.05, 0) is 43.5 Å². The number of carbonyl (C=O) groups is 1. The lowest BCUT2D eigenvalue weighted by molar-refractivity contribution is 0.187. The Labute approximate surface area is 148 Å². The third-order valence-corrected chi connectivity index (χ3v) is 5.98. The third kappa shape index (κ3) is 3.82. The maximum absolute atomic E-state index is 13.1. The standard InChI is InChI=1S/C18H21N3O3S/c1-15-6-8-17(9-7-15)25(23,24)21(14-16-5-4-10-19-13-16)18(22)20-11-2-3-12-20/h4-10,13H,2-3,11-12,14H2,1H3. The van der Waals surface area contributed by atoms with Crippen LogP contribution >= 0.6 is 0 Å². The van der Waals surface area contributed by atoms with Crippen LogP contribution in [0.2, 0.25) is 0 Å². The summed E-state index contributed by atoms with van der Waals surface area (Å²) in [6, 6.07) is 9.57. The second kappa shape index (κ2) is 7.23. The molecule has 6 nitrogen and oxygen atoms in total. The van der Waals surface area contributed by atoms with Crippen LogP contribution in [0.1, 0.15) is 24.0 Å². The molecule has 2 heterocycles. The zero-order valence-corrected chi connectivity index (χ0v) is 14.9. The average Bonchev–Trinajstić information content (AvgIpc) is 3.15. The first-order chi connectivity index (χ1) is 12.0. The molecular weight excluding hydrogens is 338 g/mol. The lowest BCUT2D eigenvalue weighted by Crippen LogP contribution is -2.44. The number of urea groups is 1. The van der Waals surface area contributed by atoms with E-state index in [1.54, 1.807) is 41.6 Å². The minimum atomic E-state index is -3.94. The fourth-order valence-corrected chi connectivity index (χ4v) is 4.19. The van der Waals surface area contributed by atoms with E-state index >= 15 is 0 Å². The van der Waals surface area contributed by atoms with Crippen molar-refractivity contribution in [3.05, 3.63) is 59.9 Å². The molecule has 1 aromatic heterocycles. The van der Waals surface area contributed by atoms with E-state index in [-0.39, 0.29) is 11.4 Å². The molecule has 25 heavy (non-hydrogen) atoms. The lowest BCUT2D eigenvalue weighted by atomic mass is 10.2. The summed E-state index contributed by atoms with van der Waals surface area (Å²) in [6.45, 7) is 3.04. The Morgan fingerprint density at radius 3 is 2.44 bits per heavy atom. The van der Waals surface area contributed by atoms with Gasteiger partial charge in [0.2, 0.25) is 0 Å². The number of carbonyl (C=O) groups excluding carboxylic acids is 1. The normalized spacial score (nSPS) is 14.5. The minimum absolute atomic E-state index is 0.0284. The highest BCUT2D eigenvalue weighted by molar-refractivity contribution is 7.89. The number of likely N-dealkylation sites (tertiary alicyclic amines) is 1. The van der Waals surface area contributed by atoms with Crippen molar-refractivity contribution in [2.75, 3.05) is 13.1 Å². The maximum atomic E-state index is 13.1. The van der Waals surface area contributed by atoms with Crippen molar-refractivity contribution in [1.29, 1.82) is 0 Å². The first-order valence-corrected chi connectivity index (χ1v) is 9.70. The number of benzene rings is 1. The Balaban J connectivity index is 1.97. The van der Waals surface area contributed by atoms with Gasteiger partial charge in [-0.1, -0.05) is 23.8 Å². The molecule has 7 heteroatoms. The Bertz CT molecular complexity index is 830. The van der Waals surface area contributed by atoms with E-state index in [0.29, 0.717) is 18.7 Å². The number of aryl methyl sites for hydroxylation is 1. The van der Waals surface area contributed by atoms with E-state index in [0.717, 1.165) is 22.7 Å². The number of amides is 2. The first kappa shape index (κ1) is 17.4. The summed E-state index contributed by atoms with van der Waals surface area (Å²) in [4.78, 5) is 18.6. The van der Waals surface area contributed by atoms with E-state index in [2.05, 4.69) is 4.98 Å². The molecule has 2 aromatic rings. The number of hydrogen-bond acceptors (Lipinski definition) is 4. The van der Waals surface area contributed by atoms with Gasteiger partial charge >= 0.3 is 6.03 Å². The number of nitrogens with zero attached hydrogens (tertiary/aromatic N) is 3. The summed E-state index contributed by atoms with van der Waals surface area (Å²) in [5.74, 6) is 0. The second-order valence-electron chi connectivity index (χ2n) is 6.16. The monoisotopic (exact) mass is 359 g/mol. The zero-order chi connectivity index (χ0) is 17.9. The summed E-state index contributed by atoms with van der Waals surface area (Å²) in [5.41, 5.74) is 1.63. The number of aromatic nitrogens is 1. The summed E-state index contributed by atoms with van der Waals surface area (Å²) in [6.07, 6.45) is 4.99. The van der Waals surface area contributed by atoms with Crippen LogP contribution < -0.4 is 0 Å². The van der Waals surface area contributed by atoms with Gasteiger partial charge in [0.1, 0.15) is 0 Å². The van der Waals surface area contributed by atoms with Crippen molar-refractivity contribution in [3.8, 4) is 0 Å². The molecule has 0 N–H and O–H groups in total. The van der Waals surface area contributed by atoms with E-state index in [1.165, 1.54) is 12.1 Å². The molecule has 1 aliphatic heterocycles. The fraction of sp³-hybridized carbons (Fsp3) is 0.333. The molecule has 0 atom stereocenters. The quantitative estimate of drug-likeness (QED) is 0.842. The second-order valence-corrected chi connectivity index (χ2v) is 8.03. The van der Waals surface area contributed by atoms with E-state index in [1.807, 2.05) is 6.92 Å². The average molecular weight is 359 g/mol. The molecule has 0 radical (unpaired) electrons. The van der Waals surface area contributed by atoms with Crippen molar-refractivity contribution < 1.29 is 13.2 Å². The minimum Gasteiger partial charge on any atom is -0.324 e. The van der Waals surface area contributed by atoms with Crippen LogP contribution in [0, 0.1) is 6.92 Å². The molecule has 1 fully saturated rings. The summed E-state index contributed by atoms with van der Waals surface area (Å²) in [5, 5.41) is 0. The van der Waals surface area contributed by atoms with Crippen molar-refractivity contribution in [3.63, 3.8) is 0 Å². The van der Waals surface area contributed by atoms with Gasteiger partial charge in [0.05, 0.1) is 11.4 Å². The molecule has 0 saturated carbocycles. The van der Waals surface area contributed by atoms with Crippen LogP contribution in [-0.4, -0.2) is 41.7 Å². The van der Waals surface area contributed by atoms with Gasteiger partial charge in [0, 0.05) is 25.5 Å². The number of sulfonamides is 1. The van der Waals surface area contributed by atoms with Gasteiger partial charge in [-0.15, -0.1) is 0 Å². The molecule has 0 spiro atoms. The molecule has 132 valence electrons. The van der Waals surface area contributed by atoms with Crippen molar-refractivity contribution in [1.82, 2.24) is 14.2 Å². The van der Waals surface area contributed by atoms with Crippen molar-refractivity contribution in [2.24, 2.45) is 0 Å². The lowest BCUT2D eigenvalue weighted by Gasteiger charge is -2.27. The van der Waals surface area contributed by atoms with E-state index < -0.39 is 16.1 Å². The van der Waals surface area contributed by atoms with Crippen LogP contribution in [-0.2, 0) is 16.6 Å². The summed E-state index contributed by atoms with van der Waals surface area (Å²) >= 11 is 0. The number of pyridine rings is 1. The molecule has 0 aliphatic carbocycles. The number of rotatable bonds is 4. The van der Waals surface area contributed by atoms with Gasteiger partial charge in [-0.3, -0.25) is 4.98 Å². The summed E-state index contributed by atoms with van der Waals surface area (Å²) in [7, 11) is -3.94. The Kier molecular flexibility index (Phi) is 5.03. The molecule has 1 saturated heterocycles. The molecule has 0 unspecified atom stereocenters. The molecule has 1 aliphatic rings. The smallest absolute Gasteiger partial charge is 0.324 e. The van der Waals surface area contributed by atoms with E-state index in [9.17, 15) is 13.2 Å². The molecular formula is C18H21N3O3S. The first-order valence-electron chi connectivity index (χ1n) is 8.26. The van der Waals surface area contributed by atoms with Gasteiger partial charge < -0.3 is 4.90 Å². The van der Waals surface area contributed by atoms with Crippen LogP contribution in [0.25, 0.3) is 0 Å². The summed E-state index contributed by atoms with van der Waals surface area (Å²) < 4.78 is 27.2. The van der Waals surface area contributed by atoms with Crippen LogP contribution in [0.3, 0.4) is 0 Å². The van der Waals surface area contributed by atoms with Crippen LogP contribution in [0.5, 0.6) is 0 Å². The highest BCUT2D eigenvalue weighted by Crippen LogP contribution is 2.22. The maximum Gasteiger partial charge on any atom is 0.334 e. The van der Waals surface area contributed by atoms with E-state index in [4.69, 9.17) is 0 Å². The van der Waals surface area contributed by atoms with Crippen LogP contribution in [0.15, 0.2) is 53.7 Å². The van der Waals surface area contributed by atoms with Crippen molar-refractivity contribution in [2.45, 2.75) is 31.2 Å². The van der Waals surface area contributed by atoms with Gasteiger partial charge in [-0.2, -0.15) is 0 Å². The van der Waals surface area contributed by atoms with Crippen molar-refractivity contribution >= 4 is 16.1 Å². The molecule has 1 aromatic carbocycles. The largest absolute Gasteiger partial charge is 0.334 e. The Morgan fingerprint density at radius 1 is 1.16 bits per heavy atom. The van der Waals surface area contributed by atoms with Gasteiger partial charge in [-0.25, -0.2) is 17.5 Å². The Morgan fingerprint density at radius 2 is 1.84 bits per heavy atom. The fourth-order valence-electron chi connectivity index (χ4n) is 2.82. The molecule has 3 rings (SSSR count). The van der Waals surface area contributed by atoms with Gasteiger partial charge in [0.25, 0.3) is 10.0 Å². The Hall–Kier alpha value is -2.41.